The maximum atomic E-state index is 13.2. The summed E-state index contributed by atoms with van der Waals surface area (Å²) in [6.45, 7) is 3.95. The van der Waals surface area contributed by atoms with Crippen LogP contribution in [-0.4, -0.2) is 12.1 Å². The monoisotopic (exact) mass is 453 g/mol. The number of allylic oxidation sites excluding steroid dienone is 1. The summed E-state index contributed by atoms with van der Waals surface area (Å²) >= 11 is 0. The predicted molar refractivity (Wildman–Crippen MR) is 127 cm³/mol. The molecule has 0 saturated carbocycles. The predicted octanol–water partition coefficient (Wildman–Crippen LogP) is 2.90. The second-order valence-electron chi connectivity index (χ2n) is 8.41. The smallest absolute Gasteiger partial charge is 0.344 e. The van der Waals surface area contributed by atoms with E-state index in [9.17, 15) is 10.1 Å². The Morgan fingerprint density at radius 3 is 2.74 bits per heavy atom. The number of nitriles is 1. The third-order valence-corrected chi connectivity index (χ3v) is 6.41. The number of aromatic nitrogens is 1. The molecular formula is C27H23N3O4. The molecule has 2 aliphatic rings. The zero-order valence-electron chi connectivity index (χ0n) is 19.1. The van der Waals surface area contributed by atoms with Crippen LogP contribution in [0.4, 0.5) is 0 Å². The first kappa shape index (κ1) is 21.5. The van der Waals surface area contributed by atoms with E-state index in [0.29, 0.717) is 27.7 Å². The van der Waals surface area contributed by atoms with Crippen molar-refractivity contribution in [2.75, 3.05) is 7.11 Å². The Morgan fingerprint density at radius 2 is 2.00 bits per heavy atom. The van der Waals surface area contributed by atoms with Crippen LogP contribution >= 0.6 is 0 Å². The lowest BCUT2D eigenvalue weighted by atomic mass is 9.82. The molecule has 0 saturated heterocycles. The first-order valence-electron chi connectivity index (χ1n) is 11.0. The molecule has 34 heavy (non-hydrogen) atoms. The van der Waals surface area contributed by atoms with Crippen molar-refractivity contribution in [3.05, 3.63) is 85.4 Å². The van der Waals surface area contributed by atoms with Crippen LogP contribution in [0.5, 0.6) is 11.5 Å². The van der Waals surface area contributed by atoms with Crippen LogP contribution in [-0.2, 0) is 0 Å². The van der Waals surface area contributed by atoms with Crippen molar-refractivity contribution < 1.29 is 13.9 Å². The van der Waals surface area contributed by atoms with Gasteiger partial charge in [-0.25, -0.2) is 4.79 Å². The highest BCUT2D eigenvalue weighted by atomic mass is 16.5. The molecule has 0 bridgehead atoms. The Balaban J connectivity index is 1.79. The van der Waals surface area contributed by atoms with Gasteiger partial charge in [0.05, 0.1) is 23.8 Å². The van der Waals surface area contributed by atoms with Crippen LogP contribution in [0.25, 0.3) is 23.3 Å². The third kappa shape index (κ3) is 3.35. The minimum Gasteiger partial charge on any atom is -0.496 e. The number of fused-ring (bicyclic) bond motifs is 3. The third-order valence-electron chi connectivity index (χ3n) is 6.41. The number of benzene rings is 1. The van der Waals surface area contributed by atoms with Crippen molar-refractivity contribution in [1.29, 1.82) is 5.26 Å². The normalized spacial score (nSPS) is 16.4. The first-order chi connectivity index (χ1) is 16.4. The molecule has 170 valence electrons. The maximum Gasteiger partial charge on any atom is 0.344 e. The summed E-state index contributed by atoms with van der Waals surface area (Å²) in [6, 6.07) is 9.73. The molecule has 3 aromatic rings. The summed E-state index contributed by atoms with van der Waals surface area (Å²) in [5.74, 6) is 0.248. The van der Waals surface area contributed by atoms with Gasteiger partial charge in [-0.05, 0) is 62.1 Å². The van der Waals surface area contributed by atoms with Crippen LogP contribution in [0, 0.1) is 25.2 Å². The maximum absolute atomic E-state index is 13.2. The lowest BCUT2D eigenvalue weighted by molar-refractivity contribution is 0.364. The zero-order chi connectivity index (χ0) is 24.0. The van der Waals surface area contributed by atoms with Crippen molar-refractivity contribution in [2.24, 2.45) is 5.73 Å². The molecular weight excluding hydrogens is 430 g/mol. The van der Waals surface area contributed by atoms with Gasteiger partial charge in [-0.3, -0.25) is 4.98 Å². The standard InChI is InChI=1S/C27H23N3O4/c1-14-10-17(13-30-15(14)2)19-11-16(8-9-21(19)32-3)23-20(12-28)26(29)34-25-18-6-4-5-7-22(18)33-27(31)24(23)25/h6-11,13,23H,4-5,29H2,1-3H3. The molecule has 1 aromatic carbocycles. The summed E-state index contributed by atoms with van der Waals surface area (Å²) in [6.07, 6.45) is 7.19. The number of hydrogen-bond donors (Lipinski definition) is 1. The van der Waals surface area contributed by atoms with E-state index in [1.165, 1.54) is 0 Å². The molecule has 3 heterocycles. The van der Waals surface area contributed by atoms with Crippen LogP contribution < -0.4 is 31.5 Å². The minimum absolute atomic E-state index is 0.0167. The molecule has 2 N–H and O–H groups in total. The van der Waals surface area contributed by atoms with Crippen molar-refractivity contribution in [1.82, 2.24) is 4.98 Å². The first-order valence-corrected chi connectivity index (χ1v) is 11.0. The van der Waals surface area contributed by atoms with Crippen LogP contribution in [0.1, 0.15) is 41.1 Å². The van der Waals surface area contributed by atoms with Gasteiger partial charge >= 0.3 is 5.63 Å². The van der Waals surface area contributed by atoms with Gasteiger partial charge in [0, 0.05) is 23.0 Å². The molecule has 0 fully saturated rings. The molecule has 1 aliphatic heterocycles. The number of ether oxygens (including phenoxy) is 2. The van der Waals surface area contributed by atoms with Crippen LogP contribution in [0.2, 0.25) is 0 Å². The molecule has 1 atom stereocenters. The minimum atomic E-state index is -0.741. The van der Waals surface area contributed by atoms with E-state index in [1.807, 2.05) is 50.3 Å². The Bertz CT molecular complexity index is 1590. The molecule has 7 nitrogen and oxygen atoms in total. The molecule has 0 radical (unpaired) electrons. The topological polar surface area (TPSA) is 111 Å². The lowest BCUT2D eigenvalue weighted by Gasteiger charge is -2.26. The van der Waals surface area contributed by atoms with Crippen LogP contribution in [0.3, 0.4) is 0 Å². The number of aryl methyl sites for hydroxylation is 2. The van der Waals surface area contributed by atoms with Crippen molar-refractivity contribution >= 4 is 12.2 Å². The summed E-state index contributed by atoms with van der Waals surface area (Å²) in [4.78, 5) is 17.6. The van der Waals surface area contributed by atoms with E-state index in [2.05, 4.69) is 11.1 Å². The molecule has 0 amide bonds. The van der Waals surface area contributed by atoms with E-state index in [0.717, 1.165) is 35.2 Å². The second kappa shape index (κ2) is 8.23. The van der Waals surface area contributed by atoms with Gasteiger partial charge in [0.25, 0.3) is 0 Å². The Labute approximate surface area is 196 Å². The van der Waals surface area contributed by atoms with Crippen molar-refractivity contribution in [3.8, 4) is 28.7 Å². The summed E-state index contributed by atoms with van der Waals surface area (Å²) < 4.78 is 17.1. The summed E-state index contributed by atoms with van der Waals surface area (Å²) in [5.41, 5.74) is 10.9. The number of hydrogen-bond acceptors (Lipinski definition) is 7. The van der Waals surface area contributed by atoms with Crippen LogP contribution in [0.15, 0.2) is 51.1 Å². The van der Waals surface area contributed by atoms with Gasteiger partial charge in [-0.15, -0.1) is 0 Å². The molecule has 7 heteroatoms. The SMILES string of the molecule is COc1ccc(C2C(C#N)=C(N)Oc3c2c(=O)oc2c3=CCCC=2)cc1-c1cnc(C)c(C)c1. The van der Waals surface area contributed by atoms with Gasteiger partial charge in [0.1, 0.15) is 22.8 Å². The van der Waals surface area contributed by atoms with E-state index >= 15 is 0 Å². The average molecular weight is 453 g/mol. The van der Waals surface area contributed by atoms with Gasteiger partial charge in [-0.1, -0.05) is 12.1 Å². The number of nitrogens with two attached hydrogens (primary N) is 1. The lowest BCUT2D eigenvalue weighted by Crippen LogP contribution is -2.39. The second-order valence-corrected chi connectivity index (χ2v) is 8.41. The molecule has 1 aliphatic carbocycles. The molecule has 1 unspecified atom stereocenters. The Morgan fingerprint density at radius 1 is 1.21 bits per heavy atom. The number of pyridine rings is 1. The highest BCUT2D eigenvalue weighted by molar-refractivity contribution is 5.72. The number of nitrogens with zero attached hydrogens (tertiary/aromatic N) is 2. The Kier molecular flexibility index (Phi) is 5.21. The fraction of sp³-hybridized carbons (Fsp3) is 0.222. The quantitative estimate of drug-likeness (QED) is 0.649. The van der Waals surface area contributed by atoms with E-state index in [1.54, 1.807) is 13.3 Å². The fourth-order valence-electron chi connectivity index (χ4n) is 4.53. The largest absolute Gasteiger partial charge is 0.496 e. The fourth-order valence-corrected chi connectivity index (χ4v) is 4.53. The summed E-state index contributed by atoms with van der Waals surface area (Å²) in [7, 11) is 1.60. The van der Waals surface area contributed by atoms with Crippen molar-refractivity contribution in [2.45, 2.75) is 32.6 Å². The van der Waals surface area contributed by atoms with Gasteiger partial charge in [0.2, 0.25) is 5.88 Å². The van der Waals surface area contributed by atoms with Crippen molar-refractivity contribution in [3.63, 3.8) is 0 Å². The van der Waals surface area contributed by atoms with Gasteiger partial charge in [0.15, 0.2) is 5.75 Å². The number of methoxy groups -OCH3 is 1. The Hall–Kier alpha value is -4.31. The average Bonchev–Trinajstić information content (AvgIpc) is 2.84. The molecule has 5 rings (SSSR count). The molecule has 0 spiro atoms. The van der Waals surface area contributed by atoms with E-state index in [4.69, 9.17) is 19.6 Å². The van der Waals surface area contributed by atoms with Gasteiger partial charge < -0.3 is 19.6 Å². The number of rotatable bonds is 3. The van der Waals surface area contributed by atoms with E-state index in [-0.39, 0.29) is 17.0 Å². The van der Waals surface area contributed by atoms with E-state index < -0.39 is 11.5 Å². The highest BCUT2D eigenvalue weighted by Gasteiger charge is 2.35. The zero-order valence-corrected chi connectivity index (χ0v) is 19.1. The highest BCUT2D eigenvalue weighted by Crippen LogP contribution is 2.41. The molecule has 2 aromatic heterocycles. The van der Waals surface area contributed by atoms with Gasteiger partial charge in [-0.2, -0.15) is 5.26 Å². The summed E-state index contributed by atoms with van der Waals surface area (Å²) in [5, 5.41) is 10.6.